The van der Waals surface area contributed by atoms with Crippen molar-refractivity contribution in [2.24, 2.45) is 10.9 Å². The summed E-state index contributed by atoms with van der Waals surface area (Å²) in [6, 6.07) is 4.34. The molecule has 184 valence electrons. The van der Waals surface area contributed by atoms with E-state index < -0.39 is 0 Å². The maximum Gasteiger partial charge on any atom is 0.137 e. The number of aliphatic imine (C=N–C) groups is 1. The highest BCUT2D eigenvalue weighted by Crippen LogP contribution is 2.35. The Morgan fingerprint density at radius 1 is 1.06 bits per heavy atom. The van der Waals surface area contributed by atoms with Gasteiger partial charge in [-0.15, -0.1) is 0 Å². The number of hydrogen-bond donors (Lipinski definition) is 2. The van der Waals surface area contributed by atoms with Gasteiger partial charge in [0.05, 0.1) is 30.1 Å². The summed E-state index contributed by atoms with van der Waals surface area (Å²) in [5.74, 6) is 1.40. The molecule has 1 aliphatic carbocycles. The van der Waals surface area contributed by atoms with Crippen molar-refractivity contribution < 1.29 is 9.47 Å². The lowest BCUT2D eigenvalue weighted by atomic mass is 9.93. The second-order valence-electron chi connectivity index (χ2n) is 8.91. The van der Waals surface area contributed by atoms with Gasteiger partial charge < -0.3 is 20.1 Å². The molecule has 3 heterocycles. The van der Waals surface area contributed by atoms with E-state index >= 15 is 0 Å². The molecule has 0 amide bonds. The maximum atomic E-state index is 6.54. The number of methoxy groups -OCH3 is 1. The van der Waals surface area contributed by atoms with Crippen LogP contribution in [0.15, 0.2) is 29.5 Å². The summed E-state index contributed by atoms with van der Waals surface area (Å²) >= 11 is 13.0. The number of nitrogens with one attached hydrogen (secondary N) is 2. The fourth-order valence-electron chi connectivity index (χ4n) is 4.43. The third-order valence-corrected chi connectivity index (χ3v) is 7.07. The lowest BCUT2D eigenvalue weighted by molar-refractivity contribution is 0.0699. The van der Waals surface area contributed by atoms with Crippen LogP contribution in [0.1, 0.15) is 38.5 Å². The van der Waals surface area contributed by atoms with E-state index in [0.29, 0.717) is 28.7 Å². The molecule has 1 saturated heterocycles. The van der Waals surface area contributed by atoms with Crippen molar-refractivity contribution in [1.29, 1.82) is 0 Å². The van der Waals surface area contributed by atoms with Crippen LogP contribution in [0.5, 0.6) is 0 Å². The summed E-state index contributed by atoms with van der Waals surface area (Å²) in [4.78, 5) is 13.5. The van der Waals surface area contributed by atoms with Gasteiger partial charge in [-0.3, -0.25) is 4.99 Å². The number of ether oxygens (including phenoxy) is 2. The van der Waals surface area contributed by atoms with Crippen LogP contribution >= 0.6 is 23.2 Å². The molecule has 2 aromatic heterocycles. The predicted molar refractivity (Wildman–Crippen MR) is 140 cm³/mol. The summed E-state index contributed by atoms with van der Waals surface area (Å²) in [6.45, 7) is 3.97. The quantitative estimate of drug-likeness (QED) is 0.334. The van der Waals surface area contributed by atoms with Crippen LogP contribution in [0.25, 0.3) is 11.1 Å². The first-order valence-corrected chi connectivity index (χ1v) is 12.8. The summed E-state index contributed by atoms with van der Waals surface area (Å²) < 4.78 is 10.5. The monoisotopic (exact) mass is 505 g/mol. The van der Waals surface area contributed by atoms with Gasteiger partial charge in [0.2, 0.25) is 0 Å². The molecule has 0 aromatic carbocycles. The maximum absolute atomic E-state index is 6.54. The minimum absolute atomic E-state index is 0.351. The molecule has 34 heavy (non-hydrogen) atoms. The van der Waals surface area contributed by atoms with Crippen LogP contribution in [-0.2, 0) is 9.47 Å². The number of halogens is 2. The molecule has 9 heteroatoms. The number of aromatic nitrogens is 2. The topological polar surface area (TPSA) is 80.7 Å². The zero-order valence-corrected chi connectivity index (χ0v) is 21.2. The molecule has 0 bridgehead atoms. The Morgan fingerprint density at radius 2 is 1.85 bits per heavy atom. The Kier molecular flexibility index (Phi) is 9.39. The molecule has 4 rings (SSSR count). The fourth-order valence-corrected chi connectivity index (χ4v) is 4.84. The van der Waals surface area contributed by atoms with E-state index in [1.165, 1.54) is 5.71 Å². The van der Waals surface area contributed by atoms with Gasteiger partial charge in [-0.1, -0.05) is 23.2 Å². The zero-order chi connectivity index (χ0) is 23.8. The van der Waals surface area contributed by atoms with Crippen molar-refractivity contribution in [3.8, 4) is 11.1 Å². The zero-order valence-electron chi connectivity index (χ0n) is 19.7. The third kappa shape index (κ3) is 7.04. The van der Waals surface area contributed by atoms with E-state index in [0.717, 1.165) is 87.5 Å². The molecule has 0 unspecified atom stereocenters. The second kappa shape index (κ2) is 12.7. The summed E-state index contributed by atoms with van der Waals surface area (Å²) in [6.07, 6.45) is 9.66. The average Bonchev–Trinajstić information content (AvgIpc) is 2.87. The van der Waals surface area contributed by atoms with Crippen molar-refractivity contribution >= 4 is 40.4 Å². The van der Waals surface area contributed by atoms with Gasteiger partial charge in [-0.05, 0) is 56.6 Å². The van der Waals surface area contributed by atoms with Gasteiger partial charge in [0.25, 0.3) is 0 Å². The van der Waals surface area contributed by atoms with Crippen molar-refractivity contribution in [3.63, 3.8) is 0 Å². The highest BCUT2D eigenvalue weighted by Gasteiger charge is 2.19. The first kappa shape index (κ1) is 25.2. The van der Waals surface area contributed by atoms with Crippen molar-refractivity contribution in [2.45, 2.75) is 44.6 Å². The molecular formula is C25H33Cl2N5O2. The number of rotatable bonds is 9. The summed E-state index contributed by atoms with van der Waals surface area (Å²) in [5.41, 5.74) is 3.83. The summed E-state index contributed by atoms with van der Waals surface area (Å²) in [7, 11) is 1.71. The minimum atomic E-state index is 0.351. The Bertz CT molecular complexity index is 972. The van der Waals surface area contributed by atoms with E-state index in [1.54, 1.807) is 19.5 Å². The lowest BCUT2D eigenvalue weighted by Gasteiger charge is -2.25. The van der Waals surface area contributed by atoms with E-state index in [9.17, 15) is 0 Å². The van der Waals surface area contributed by atoms with Crippen LogP contribution < -0.4 is 10.6 Å². The Labute approximate surface area is 211 Å². The first-order valence-electron chi connectivity index (χ1n) is 12.0. The smallest absolute Gasteiger partial charge is 0.137 e. The minimum Gasteiger partial charge on any atom is -0.384 e. The Hall–Kier alpha value is -1.93. The molecule has 0 spiro atoms. The van der Waals surface area contributed by atoms with Crippen molar-refractivity contribution in [1.82, 2.24) is 9.97 Å². The fraction of sp³-hybridized carbons (Fsp3) is 0.560. The van der Waals surface area contributed by atoms with Crippen LogP contribution in [0, 0.1) is 5.92 Å². The largest absolute Gasteiger partial charge is 0.384 e. The van der Waals surface area contributed by atoms with E-state index in [-0.39, 0.29) is 0 Å². The molecule has 1 saturated carbocycles. The van der Waals surface area contributed by atoms with Crippen LogP contribution in [0.3, 0.4) is 0 Å². The predicted octanol–water partition coefficient (Wildman–Crippen LogP) is 5.73. The standard InChI is InChI=1S/C25H33Cl2N5O2/c1-33-11-8-28-18-2-4-19(5-3-18)32-24-13-21(23(26)16-30-24)22-12-20(15-31-25(22)27)29-14-17-6-9-34-10-7-17/h12-13,15-17,19,29H,2-11,14H2,1H3,(H,30,32). The van der Waals surface area contributed by atoms with Crippen molar-refractivity contribution in [2.75, 3.05) is 50.7 Å². The van der Waals surface area contributed by atoms with Gasteiger partial charge in [-0.2, -0.15) is 0 Å². The van der Waals surface area contributed by atoms with Crippen LogP contribution in [-0.4, -0.2) is 61.7 Å². The lowest BCUT2D eigenvalue weighted by Crippen LogP contribution is -2.26. The normalized spacial score (nSPS) is 19.1. The van der Waals surface area contributed by atoms with Gasteiger partial charge in [0.1, 0.15) is 11.0 Å². The summed E-state index contributed by atoms with van der Waals surface area (Å²) in [5, 5.41) is 8.04. The molecule has 2 N–H and O–H groups in total. The molecule has 7 nitrogen and oxygen atoms in total. The highest BCUT2D eigenvalue weighted by atomic mass is 35.5. The van der Waals surface area contributed by atoms with E-state index in [1.807, 2.05) is 12.1 Å². The van der Waals surface area contributed by atoms with Gasteiger partial charge >= 0.3 is 0 Å². The highest BCUT2D eigenvalue weighted by molar-refractivity contribution is 6.36. The molecule has 2 fully saturated rings. The SMILES string of the molecule is COCCN=C1CCC(Nc2cc(-c3cc(NCC4CCOCC4)cnc3Cl)c(Cl)cn2)CC1. The van der Waals surface area contributed by atoms with Gasteiger partial charge in [-0.25, -0.2) is 9.97 Å². The molecule has 1 aliphatic heterocycles. The third-order valence-electron chi connectivity index (χ3n) is 6.47. The first-order chi connectivity index (χ1) is 16.6. The van der Waals surface area contributed by atoms with Crippen LogP contribution in [0.2, 0.25) is 10.2 Å². The van der Waals surface area contributed by atoms with E-state index in [2.05, 4.69) is 25.6 Å². The molecule has 0 radical (unpaired) electrons. The van der Waals surface area contributed by atoms with Gasteiger partial charge in [0.15, 0.2) is 0 Å². The van der Waals surface area contributed by atoms with E-state index in [4.69, 9.17) is 32.7 Å². The number of pyridine rings is 2. The number of anilines is 2. The molecule has 0 atom stereocenters. The van der Waals surface area contributed by atoms with Crippen LogP contribution in [0.4, 0.5) is 11.5 Å². The second-order valence-corrected chi connectivity index (χ2v) is 9.67. The Morgan fingerprint density at radius 3 is 2.62 bits per heavy atom. The number of hydrogen-bond acceptors (Lipinski definition) is 7. The average molecular weight is 506 g/mol. The number of nitrogens with zero attached hydrogens (tertiary/aromatic N) is 3. The van der Waals surface area contributed by atoms with Crippen molar-refractivity contribution in [3.05, 3.63) is 34.7 Å². The Balaban J connectivity index is 1.41. The molecular weight excluding hydrogens is 473 g/mol. The van der Waals surface area contributed by atoms with Gasteiger partial charge in [0, 0.05) is 55.9 Å². The molecule has 2 aromatic rings. The molecule has 2 aliphatic rings.